The SMILES string of the molecule is COCC(O)CCNC1CC(=O)N(C)C1=O. The molecule has 0 bridgehead atoms. The molecular formula is C10H18N2O4. The van der Waals surface area contributed by atoms with Gasteiger partial charge in [0, 0.05) is 14.2 Å². The monoisotopic (exact) mass is 230 g/mol. The first-order valence-corrected chi connectivity index (χ1v) is 5.27. The molecular weight excluding hydrogens is 212 g/mol. The lowest BCUT2D eigenvalue weighted by Gasteiger charge is -2.13. The van der Waals surface area contributed by atoms with E-state index in [1.807, 2.05) is 0 Å². The highest BCUT2D eigenvalue weighted by atomic mass is 16.5. The standard InChI is InChI=1S/C10H18N2O4/c1-12-9(14)5-8(10(12)15)11-4-3-7(13)6-16-2/h7-8,11,13H,3-6H2,1-2H3. The quantitative estimate of drug-likeness (QED) is 0.556. The van der Waals surface area contributed by atoms with Gasteiger partial charge in [-0.3, -0.25) is 14.5 Å². The number of rotatable bonds is 6. The third-order valence-corrected chi connectivity index (χ3v) is 2.61. The van der Waals surface area contributed by atoms with Gasteiger partial charge in [0.25, 0.3) is 0 Å². The van der Waals surface area contributed by atoms with Crippen molar-refractivity contribution in [1.82, 2.24) is 10.2 Å². The van der Waals surface area contributed by atoms with E-state index >= 15 is 0 Å². The first kappa shape index (κ1) is 13.1. The molecule has 1 aliphatic heterocycles. The normalized spacial score (nSPS) is 22.9. The van der Waals surface area contributed by atoms with Crippen LogP contribution in [0.3, 0.4) is 0 Å². The van der Waals surface area contributed by atoms with Crippen molar-refractivity contribution >= 4 is 11.8 Å². The summed E-state index contributed by atoms with van der Waals surface area (Å²) in [6.07, 6.45) is 0.160. The number of carbonyl (C=O) groups is 2. The van der Waals surface area contributed by atoms with Gasteiger partial charge in [-0.2, -0.15) is 0 Å². The average molecular weight is 230 g/mol. The lowest BCUT2D eigenvalue weighted by Crippen LogP contribution is -2.38. The van der Waals surface area contributed by atoms with E-state index in [4.69, 9.17) is 4.74 Å². The van der Waals surface area contributed by atoms with Gasteiger partial charge >= 0.3 is 0 Å². The van der Waals surface area contributed by atoms with Crippen LogP contribution >= 0.6 is 0 Å². The van der Waals surface area contributed by atoms with Gasteiger partial charge in [-0.15, -0.1) is 0 Å². The average Bonchev–Trinajstić information content (AvgIpc) is 2.47. The Kier molecular flexibility index (Phi) is 4.85. The van der Waals surface area contributed by atoms with Crippen LogP contribution in [0.4, 0.5) is 0 Å². The number of amides is 2. The van der Waals surface area contributed by atoms with Gasteiger partial charge < -0.3 is 15.2 Å². The van der Waals surface area contributed by atoms with E-state index in [1.54, 1.807) is 0 Å². The van der Waals surface area contributed by atoms with Gasteiger partial charge in [-0.05, 0) is 13.0 Å². The minimum absolute atomic E-state index is 0.167. The maximum absolute atomic E-state index is 11.5. The zero-order valence-corrected chi connectivity index (χ0v) is 9.60. The Morgan fingerprint density at radius 1 is 1.62 bits per heavy atom. The van der Waals surface area contributed by atoms with Crippen molar-refractivity contribution in [3.63, 3.8) is 0 Å². The van der Waals surface area contributed by atoms with E-state index in [0.29, 0.717) is 13.0 Å². The third kappa shape index (κ3) is 3.26. The molecule has 6 nitrogen and oxygen atoms in total. The first-order valence-electron chi connectivity index (χ1n) is 5.27. The summed E-state index contributed by atoms with van der Waals surface area (Å²) in [5, 5.41) is 12.3. The number of ether oxygens (including phenoxy) is 1. The molecule has 1 saturated heterocycles. The molecule has 0 aromatic heterocycles. The molecule has 1 aliphatic rings. The first-order chi connectivity index (χ1) is 7.56. The Hall–Kier alpha value is -0.980. The van der Waals surface area contributed by atoms with Crippen LogP contribution in [0.15, 0.2) is 0 Å². The van der Waals surface area contributed by atoms with E-state index in [0.717, 1.165) is 4.90 Å². The van der Waals surface area contributed by atoms with Gasteiger partial charge in [-0.25, -0.2) is 0 Å². The smallest absolute Gasteiger partial charge is 0.246 e. The molecule has 0 aliphatic carbocycles. The summed E-state index contributed by atoms with van der Waals surface area (Å²) in [6, 6.07) is -0.438. The predicted octanol–water partition coefficient (Wildman–Crippen LogP) is -1.27. The van der Waals surface area contributed by atoms with Crippen LogP contribution in [0.25, 0.3) is 0 Å². The van der Waals surface area contributed by atoms with Crippen molar-refractivity contribution in [3.8, 4) is 0 Å². The summed E-state index contributed by atoms with van der Waals surface area (Å²) in [7, 11) is 3.00. The van der Waals surface area contributed by atoms with E-state index < -0.39 is 12.1 Å². The second-order valence-electron chi connectivity index (χ2n) is 3.90. The molecule has 92 valence electrons. The highest BCUT2D eigenvalue weighted by Gasteiger charge is 2.35. The topological polar surface area (TPSA) is 78.9 Å². The highest BCUT2D eigenvalue weighted by Crippen LogP contribution is 2.10. The van der Waals surface area contributed by atoms with Crippen LogP contribution in [0.1, 0.15) is 12.8 Å². The maximum Gasteiger partial charge on any atom is 0.246 e. The van der Waals surface area contributed by atoms with Gasteiger partial charge in [0.1, 0.15) is 0 Å². The van der Waals surface area contributed by atoms with E-state index in [-0.39, 0.29) is 24.8 Å². The van der Waals surface area contributed by atoms with E-state index in [1.165, 1.54) is 14.2 Å². The predicted molar refractivity (Wildman–Crippen MR) is 56.7 cm³/mol. The minimum Gasteiger partial charge on any atom is -0.391 e. The molecule has 2 unspecified atom stereocenters. The van der Waals surface area contributed by atoms with Crippen molar-refractivity contribution < 1.29 is 19.4 Å². The van der Waals surface area contributed by atoms with Crippen molar-refractivity contribution in [1.29, 1.82) is 0 Å². The van der Waals surface area contributed by atoms with Crippen LogP contribution < -0.4 is 5.32 Å². The molecule has 2 amide bonds. The second kappa shape index (κ2) is 5.93. The van der Waals surface area contributed by atoms with Gasteiger partial charge in [0.05, 0.1) is 25.2 Å². The molecule has 1 fully saturated rings. The van der Waals surface area contributed by atoms with Crippen molar-refractivity contribution in [2.45, 2.75) is 25.0 Å². The summed E-state index contributed by atoms with van der Waals surface area (Å²) in [5.41, 5.74) is 0. The lowest BCUT2D eigenvalue weighted by molar-refractivity contribution is -0.137. The number of aliphatic hydroxyl groups excluding tert-OH is 1. The second-order valence-corrected chi connectivity index (χ2v) is 3.90. The van der Waals surface area contributed by atoms with Crippen molar-refractivity contribution in [2.75, 3.05) is 27.3 Å². The van der Waals surface area contributed by atoms with Crippen molar-refractivity contribution in [3.05, 3.63) is 0 Å². The van der Waals surface area contributed by atoms with Crippen LogP contribution in [-0.4, -0.2) is 61.3 Å². The number of carbonyl (C=O) groups excluding carboxylic acids is 2. The molecule has 0 aromatic carbocycles. The number of likely N-dealkylation sites (tertiary alicyclic amines) is 1. The fourth-order valence-corrected chi connectivity index (χ4v) is 1.61. The molecule has 0 aromatic rings. The number of nitrogens with zero attached hydrogens (tertiary/aromatic N) is 1. The maximum atomic E-state index is 11.5. The van der Waals surface area contributed by atoms with E-state index in [2.05, 4.69) is 5.32 Å². The van der Waals surface area contributed by atoms with Crippen LogP contribution in [0.2, 0.25) is 0 Å². The van der Waals surface area contributed by atoms with Gasteiger partial charge in [-0.1, -0.05) is 0 Å². The highest BCUT2D eigenvalue weighted by molar-refractivity contribution is 6.05. The number of likely N-dealkylation sites (N-methyl/N-ethyl adjacent to an activating group) is 1. The van der Waals surface area contributed by atoms with Gasteiger partial charge in [0.2, 0.25) is 11.8 Å². The zero-order valence-electron chi connectivity index (χ0n) is 9.60. The fraction of sp³-hybridized carbons (Fsp3) is 0.800. The minimum atomic E-state index is -0.539. The molecule has 16 heavy (non-hydrogen) atoms. The largest absolute Gasteiger partial charge is 0.391 e. The Balaban J connectivity index is 2.24. The third-order valence-electron chi connectivity index (χ3n) is 2.61. The zero-order chi connectivity index (χ0) is 12.1. The Morgan fingerprint density at radius 2 is 2.31 bits per heavy atom. The molecule has 0 spiro atoms. The number of aliphatic hydroxyl groups is 1. The Bertz CT molecular complexity index is 270. The summed E-state index contributed by atoms with van der Waals surface area (Å²) in [5.74, 6) is -0.369. The summed E-state index contributed by atoms with van der Waals surface area (Å²) >= 11 is 0. The van der Waals surface area contributed by atoms with E-state index in [9.17, 15) is 14.7 Å². The van der Waals surface area contributed by atoms with Crippen LogP contribution in [-0.2, 0) is 14.3 Å². The molecule has 0 saturated carbocycles. The van der Waals surface area contributed by atoms with Crippen LogP contribution in [0.5, 0.6) is 0 Å². The van der Waals surface area contributed by atoms with Gasteiger partial charge in [0.15, 0.2) is 0 Å². The molecule has 6 heteroatoms. The summed E-state index contributed by atoms with van der Waals surface area (Å²) in [6.45, 7) is 0.765. The molecule has 2 atom stereocenters. The molecule has 2 N–H and O–H groups in total. The number of hydrogen-bond acceptors (Lipinski definition) is 5. The number of nitrogens with one attached hydrogen (secondary N) is 1. The summed E-state index contributed by atoms with van der Waals surface area (Å²) in [4.78, 5) is 23.8. The summed E-state index contributed by atoms with van der Waals surface area (Å²) < 4.78 is 4.77. The van der Waals surface area contributed by atoms with Crippen LogP contribution in [0, 0.1) is 0 Å². The molecule has 1 rings (SSSR count). The molecule has 1 heterocycles. The lowest BCUT2D eigenvalue weighted by atomic mass is 10.2. The number of imide groups is 1. The molecule has 0 radical (unpaired) electrons. The number of methoxy groups -OCH3 is 1. The van der Waals surface area contributed by atoms with Crippen molar-refractivity contribution in [2.24, 2.45) is 0 Å². The fourth-order valence-electron chi connectivity index (χ4n) is 1.61. The Labute approximate surface area is 94.6 Å². The Morgan fingerprint density at radius 3 is 2.81 bits per heavy atom. The number of hydrogen-bond donors (Lipinski definition) is 2.